The van der Waals surface area contributed by atoms with Crippen molar-refractivity contribution < 1.29 is 14.6 Å². The van der Waals surface area contributed by atoms with Crippen LogP contribution in [0.2, 0.25) is 5.02 Å². The molecule has 0 atom stereocenters. The van der Waals surface area contributed by atoms with E-state index in [0.717, 1.165) is 19.3 Å². The molecule has 2 rings (SSSR count). The number of piperidine rings is 1. The van der Waals surface area contributed by atoms with E-state index in [9.17, 15) is 9.90 Å². The Bertz CT molecular complexity index is 519. The first kappa shape index (κ1) is 17.1. The van der Waals surface area contributed by atoms with E-state index in [0.29, 0.717) is 36.0 Å². The topological polar surface area (TPSA) is 49.8 Å². The number of hydrogen-bond acceptors (Lipinski definition) is 3. The van der Waals surface area contributed by atoms with Crippen LogP contribution in [0.15, 0.2) is 18.2 Å². The number of halogens is 1. The van der Waals surface area contributed by atoms with Crippen LogP contribution in [0.5, 0.6) is 5.75 Å². The summed E-state index contributed by atoms with van der Waals surface area (Å²) in [4.78, 5) is 14.6. The Morgan fingerprint density at radius 1 is 1.36 bits per heavy atom. The third kappa shape index (κ3) is 3.55. The number of carbonyl (C=O) groups excluding carboxylic acids is 1. The summed E-state index contributed by atoms with van der Waals surface area (Å²) in [7, 11) is 0. The summed E-state index contributed by atoms with van der Waals surface area (Å²) in [6.07, 6.45) is 2.61. The molecule has 0 spiro atoms. The van der Waals surface area contributed by atoms with Gasteiger partial charge in [-0.25, -0.2) is 0 Å². The van der Waals surface area contributed by atoms with E-state index in [2.05, 4.69) is 6.92 Å². The number of aliphatic hydroxyl groups excluding tert-OH is 1. The molecular formula is C17H24ClNO3. The van der Waals surface area contributed by atoms with Crippen molar-refractivity contribution >= 4 is 17.5 Å². The fraction of sp³-hybridized carbons (Fsp3) is 0.588. The van der Waals surface area contributed by atoms with Gasteiger partial charge in [0.1, 0.15) is 5.75 Å². The molecular weight excluding hydrogens is 302 g/mol. The number of amides is 1. The minimum Gasteiger partial charge on any atom is -0.493 e. The molecule has 1 aliphatic rings. The Morgan fingerprint density at radius 3 is 2.59 bits per heavy atom. The van der Waals surface area contributed by atoms with E-state index in [1.807, 2.05) is 11.8 Å². The molecule has 4 nitrogen and oxygen atoms in total. The summed E-state index contributed by atoms with van der Waals surface area (Å²) < 4.78 is 5.54. The monoisotopic (exact) mass is 325 g/mol. The molecule has 1 heterocycles. The van der Waals surface area contributed by atoms with Gasteiger partial charge < -0.3 is 14.7 Å². The molecule has 122 valence electrons. The summed E-state index contributed by atoms with van der Waals surface area (Å²) in [5, 5.41) is 10.1. The van der Waals surface area contributed by atoms with Crippen LogP contribution in [0.4, 0.5) is 0 Å². The molecule has 22 heavy (non-hydrogen) atoms. The highest BCUT2D eigenvalue weighted by molar-refractivity contribution is 6.30. The fourth-order valence-corrected chi connectivity index (χ4v) is 3.09. The fourth-order valence-electron chi connectivity index (χ4n) is 2.93. The number of rotatable bonds is 5. The Labute approximate surface area is 137 Å². The van der Waals surface area contributed by atoms with Gasteiger partial charge in [-0.1, -0.05) is 18.5 Å². The maximum atomic E-state index is 12.7. The maximum absolute atomic E-state index is 12.7. The van der Waals surface area contributed by atoms with Gasteiger partial charge in [0.25, 0.3) is 5.91 Å². The number of aliphatic hydroxyl groups is 1. The second-order valence-electron chi connectivity index (χ2n) is 5.88. The second-order valence-corrected chi connectivity index (χ2v) is 6.31. The van der Waals surface area contributed by atoms with Crippen molar-refractivity contribution in [1.29, 1.82) is 0 Å². The molecule has 1 N–H and O–H groups in total. The normalized spacial score (nSPS) is 17.4. The molecule has 0 aliphatic carbocycles. The highest BCUT2D eigenvalue weighted by atomic mass is 35.5. The Hall–Kier alpha value is -1.26. The van der Waals surface area contributed by atoms with Gasteiger partial charge in [-0.3, -0.25) is 4.79 Å². The highest BCUT2D eigenvalue weighted by Crippen LogP contribution is 2.35. The van der Waals surface area contributed by atoms with Crippen LogP contribution in [-0.2, 0) is 0 Å². The van der Waals surface area contributed by atoms with Gasteiger partial charge in [-0.15, -0.1) is 0 Å². The first-order valence-corrected chi connectivity index (χ1v) is 8.25. The van der Waals surface area contributed by atoms with Crippen molar-refractivity contribution in [1.82, 2.24) is 4.90 Å². The largest absolute Gasteiger partial charge is 0.493 e. The molecule has 1 aromatic rings. The van der Waals surface area contributed by atoms with Crippen LogP contribution in [0, 0.1) is 5.41 Å². The smallest absolute Gasteiger partial charge is 0.257 e. The van der Waals surface area contributed by atoms with Crippen molar-refractivity contribution in [2.75, 3.05) is 26.3 Å². The lowest BCUT2D eigenvalue weighted by Crippen LogP contribution is -2.44. The Balaban J connectivity index is 2.13. The summed E-state index contributed by atoms with van der Waals surface area (Å²) >= 11 is 5.99. The molecule has 0 unspecified atom stereocenters. The molecule has 1 saturated heterocycles. The van der Waals surface area contributed by atoms with E-state index < -0.39 is 0 Å². The van der Waals surface area contributed by atoms with E-state index in [-0.39, 0.29) is 17.9 Å². The van der Waals surface area contributed by atoms with Crippen molar-refractivity contribution in [3.05, 3.63) is 28.8 Å². The molecule has 0 saturated carbocycles. The molecule has 0 bridgehead atoms. The van der Waals surface area contributed by atoms with Gasteiger partial charge in [-0.2, -0.15) is 0 Å². The number of ether oxygens (including phenoxy) is 1. The van der Waals surface area contributed by atoms with E-state index in [1.54, 1.807) is 18.2 Å². The van der Waals surface area contributed by atoms with Crippen LogP contribution >= 0.6 is 11.6 Å². The van der Waals surface area contributed by atoms with Gasteiger partial charge >= 0.3 is 0 Å². The van der Waals surface area contributed by atoms with Gasteiger partial charge in [0, 0.05) is 24.7 Å². The van der Waals surface area contributed by atoms with Gasteiger partial charge in [-0.05, 0) is 49.8 Å². The number of nitrogens with zero attached hydrogens (tertiary/aromatic N) is 1. The number of hydrogen-bond donors (Lipinski definition) is 1. The van der Waals surface area contributed by atoms with Crippen LogP contribution in [0.25, 0.3) is 0 Å². The number of carbonyl (C=O) groups is 1. The molecule has 1 amide bonds. The molecule has 1 aliphatic heterocycles. The molecule has 1 fully saturated rings. The van der Waals surface area contributed by atoms with Crippen LogP contribution in [0.3, 0.4) is 0 Å². The minimum atomic E-state index is -0.0282. The lowest BCUT2D eigenvalue weighted by atomic mass is 9.77. The van der Waals surface area contributed by atoms with Crippen molar-refractivity contribution in [2.45, 2.75) is 33.1 Å². The molecule has 1 aromatic carbocycles. The third-order valence-electron chi connectivity index (χ3n) is 4.67. The second kappa shape index (κ2) is 7.34. The molecule has 0 radical (unpaired) electrons. The maximum Gasteiger partial charge on any atom is 0.257 e. The van der Waals surface area contributed by atoms with Crippen LogP contribution in [-0.4, -0.2) is 42.2 Å². The quantitative estimate of drug-likeness (QED) is 0.903. The predicted molar refractivity (Wildman–Crippen MR) is 87.6 cm³/mol. The van der Waals surface area contributed by atoms with Crippen molar-refractivity contribution in [3.63, 3.8) is 0 Å². The zero-order valence-corrected chi connectivity index (χ0v) is 14.0. The zero-order chi connectivity index (χ0) is 16.2. The molecule has 0 aromatic heterocycles. The molecule has 5 heteroatoms. The van der Waals surface area contributed by atoms with E-state index in [1.165, 1.54) is 0 Å². The SMILES string of the molecule is CCOc1cc(Cl)ccc1C(=O)N1CCC(CC)(CO)CC1. The minimum absolute atomic E-state index is 0.0252. The van der Waals surface area contributed by atoms with Crippen LogP contribution in [0.1, 0.15) is 43.5 Å². The zero-order valence-electron chi connectivity index (χ0n) is 13.3. The van der Waals surface area contributed by atoms with Crippen molar-refractivity contribution in [2.24, 2.45) is 5.41 Å². The third-order valence-corrected chi connectivity index (χ3v) is 4.91. The Kier molecular flexibility index (Phi) is 5.70. The highest BCUT2D eigenvalue weighted by Gasteiger charge is 2.34. The first-order valence-electron chi connectivity index (χ1n) is 7.87. The average Bonchev–Trinajstić information content (AvgIpc) is 2.55. The lowest BCUT2D eigenvalue weighted by Gasteiger charge is -2.40. The van der Waals surface area contributed by atoms with E-state index in [4.69, 9.17) is 16.3 Å². The number of benzene rings is 1. The van der Waals surface area contributed by atoms with Gasteiger partial charge in [0.2, 0.25) is 0 Å². The summed E-state index contributed by atoms with van der Waals surface area (Å²) in [6, 6.07) is 5.13. The lowest BCUT2D eigenvalue weighted by molar-refractivity contribution is 0.0336. The predicted octanol–water partition coefficient (Wildman–Crippen LogP) is 3.36. The van der Waals surface area contributed by atoms with E-state index >= 15 is 0 Å². The Morgan fingerprint density at radius 2 is 2.05 bits per heavy atom. The van der Waals surface area contributed by atoms with Crippen LogP contribution < -0.4 is 4.74 Å². The van der Waals surface area contributed by atoms with Gasteiger partial charge in [0.15, 0.2) is 0 Å². The summed E-state index contributed by atoms with van der Waals surface area (Å²) in [5.41, 5.74) is 0.527. The van der Waals surface area contributed by atoms with Gasteiger partial charge in [0.05, 0.1) is 12.2 Å². The standard InChI is InChI=1S/C17H24ClNO3/c1-3-17(12-20)7-9-19(10-8-17)16(21)14-6-5-13(18)11-15(14)22-4-2/h5-6,11,20H,3-4,7-10,12H2,1-2H3. The first-order chi connectivity index (χ1) is 10.5. The average molecular weight is 326 g/mol. The number of likely N-dealkylation sites (tertiary alicyclic amines) is 1. The summed E-state index contributed by atoms with van der Waals surface area (Å²) in [6.45, 7) is 6.00. The van der Waals surface area contributed by atoms with Crippen molar-refractivity contribution in [3.8, 4) is 5.75 Å². The summed E-state index contributed by atoms with van der Waals surface area (Å²) in [5.74, 6) is 0.511.